The van der Waals surface area contributed by atoms with Crippen LogP contribution in [0, 0.1) is 11.1 Å². The Balaban J connectivity index is 3.23. The highest BCUT2D eigenvalue weighted by Crippen LogP contribution is 2.39. The molecule has 0 rings (SSSR count). The van der Waals surface area contributed by atoms with E-state index in [-0.39, 0.29) is 6.61 Å². The van der Waals surface area contributed by atoms with Gasteiger partial charge in [-0.15, -0.1) is 0 Å². The van der Waals surface area contributed by atoms with Crippen LogP contribution in [0.4, 0.5) is 0 Å². The van der Waals surface area contributed by atoms with Crippen LogP contribution in [0.1, 0.15) is 45.4 Å². The molecule has 0 fully saturated rings. The summed E-state index contributed by atoms with van der Waals surface area (Å²) in [6.45, 7) is 2.35. The van der Waals surface area contributed by atoms with Crippen LogP contribution in [0.3, 0.4) is 0 Å². The average Bonchev–Trinajstić information content (AvgIpc) is 2.16. The van der Waals surface area contributed by atoms with E-state index in [4.69, 9.17) is 10.2 Å². The molecular weight excluding hydrogens is 201 g/mol. The minimum Gasteiger partial charge on any atom is -0.314 e. The molecule has 82 valence electrons. The number of unbranched alkanes of at least 4 members (excludes halogenated alkanes) is 5. The van der Waals surface area contributed by atoms with Crippen molar-refractivity contribution in [1.82, 2.24) is 0 Å². The molecule has 0 aromatic rings. The molecule has 0 spiro atoms. The first-order valence-corrected chi connectivity index (χ1v) is 6.59. The fourth-order valence-electron chi connectivity index (χ4n) is 1.10. The molecule has 0 radical (unpaired) electrons. The summed E-state index contributed by atoms with van der Waals surface area (Å²) in [6, 6.07) is 0. The lowest BCUT2D eigenvalue weighted by atomic mass is 10.1. The minimum atomic E-state index is -3.93. The zero-order valence-corrected chi connectivity index (χ0v) is 9.50. The highest BCUT2D eigenvalue weighted by Gasteiger charge is 2.16. The summed E-state index contributed by atoms with van der Waals surface area (Å²) in [5.74, 6) is 1.24. The summed E-state index contributed by atoms with van der Waals surface area (Å²) in [7, 11) is -3.93. The number of nitrogens with zero attached hydrogens (tertiary/aromatic N) is 1. The summed E-state index contributed by atoms with van der Waals surface area (Å²) in [5.41, 5.74) is 0. The molecule has 0 heterocycles. The molecule has 0 bridgehead atoms. The van der Waals surface area contributed by atoms with Crippen molar-refractivity contribution in [1.29, 1.82) is 5.26 Å². The third kappa shape index (κ3) is 8.25. The zero-order valence-electron chi connectivity index (χ0n) is 8.61. The van der Waals surface area contributed by atoms with Gasteiger partial charge in [0.2, 0.25) is 0 Å². The van der Waals surface area contributed by atoms with Crippen LogP contribution in [-0.4, -0.2) is 11.5 Å². The first-order chi connectivity index (χ1) is 6.62. The van der Waals surface area contributed by atoms with Crippen molar-refractivity contribution in [2.24, 2.45) is 0 Å². The topological polar surface area (TPSA) is 70.3 Å². The largest absolute Gasteiger partial charge is 0.428 e. The van der Waals surface area contributed by atoms with Gasteiger partial charge in [0, 0.05) is 0 Å². The van der Waals surface area contributed by atoms with Crippen molar-refractivity contribution in [2.45, 2.75) is 45.4 Å². The maximum atomic E-state index is 10.7. The molecule has 0 aromatic carbocycles. The second kappa shape index (κ2) is 7.99. The van der Waals surface area contributed by atoms with Gasteiger partial charge in [0.1, 0.15) is 0 Å². The molecule has 5 heteroatoms. The van der Waals surface area contributed by atoms with Crippen molar-refractivity contribution in [3.63, 3.8) is 0 Å². The SMILES string of the molecule is CCCCCCCCOP(=O)(O)C#N. The fourth-order valence-corrected chi connectivity index (χ4v) is 1.53. The molecule has 1 unspecified atom stereocenters. The Bertz CT molecular complexity index is 225. The second-order valence-corrected chi connectivity index (χ2v) is 4.72. The van der Waals surface area contributed by atoms with E-state index in [9.17, 15) is 4.57 Å². The lowest BCUT2D eigenvalue weighted by Gasteiger charge is -2.03. The minimum absolute atomic E-state index is 0.202. The van der Waals surface area contributed by atoms with E-state index >= 15 is 0 Å². The van der Waals surface area contributed by atoms with Crippen molar-refractivity contribution >= 4 is 7.60 Å². The first kappa shape index (κ1) is 13.6. The van der Waals surface area contributed by atoms with Crippen LogP contribution in [0.2, 0.25) is 0 Å². The van der Waals surface area contributed by atoms with Gasteiger partial charge in [0.05, 0.1) is 6.61 Å². The molecule has 0 aliphatic carbocycles. The molecule has 0 aliphatic heterocycles. The number of hydrogen-bond donors (Lipinski definition) is 1. The predicted molar refractivity (Wildman–Crippen MR) is 54.8 cm³/mol. The summed E-state index contributed by atoms with van der Waals surface area (Å²) >= 11 is 0. The number of hydrogen-bond acceptors (Lipinski definition) is 3. The van der Waals surface area contributed by atoms with E-state index in [0.717, 1.165) is 19.3 Å². The van der Waals surface area contributed by atoms with Gasteiger partial charge < -0.3 is 4.89 Å². The van der Waals surface area contributed by atoms with E-state index < -0.39 is 7.60 Å². The Kier molecular flexibility index (Phi) is 7.78. The quantitative estimate of drug-likeness (QED) is 0.503. The summed E-state index contributed by atoms with van der Waals surface area (Å²) in [4.78, 5) is 8.74. The lowest BCUT2D eigenvalue weighted by Crippen LogP contribution is -1.91. The van der Waals surface area contributed by atoms with Gasteiger partial charge in [0.25, 0.3) is 0 Å². The van der Waals surface area contributed by atoms with Gasteiger partial charge in [-0.25, -0.2) is 4.57 Å². The van der Waals surface area contributed by atoms with E-state index in [1.807, 2.05) is 0 Å². The molecule has 4 nitrogen and oxygen atoms in total. The van der Waals surface area contributed by atoms with Gasteiger partial charge in [-0.2, -0.15) is 5.26 Å². The van der Waals surface area contributed by atoms with Gasteiger partial charge >= 0.3 is 7.60 Å². The fraction of sp³-hybridized carbons (Fsp3) is 0.889. The maximum absolute atomic E-state index is 10.7. The Hall–Kier alpha value is -0.360. The third-order valence-electron chi connectivity index (χ3n) is 1.89. The lowest BCUT2D eigenvalue weighted by molar-refractivity contribution is 0.262. The summed E-state index contributed by atoms with van der Waals surface area (Å²) < 4.78 is 15.2. The van der Waals surface area contributed by atoms with Crippen LogP contribution in [0.25, 0.3) is 0 Å². The molecule has 0 saturated carbocycles. The summed E-state index contributed by atoms with van der Waals surface area (Å²) in [5, 5.41) is 8.18. The van der Waals surface area contributed by atoms with Crippen molar-refractivity contribution < 1.29 is 14.0 Å². The molecule has 1 atom stereocenters. The predicted octanol–water partition coefficient (Wildman–Crippen LogP) is 3.03. The van der Waals surface area contributed by atoms with Crippen LogP contribution in [0.5, 0.6) is 0 Å². The highest BCUT2D eigenvalue weighted by molar-refractivity contribution is 7.58. The van der Waals surface area contributed by atoms with E-state index in [1.165, 1.54) is 25.1 Å². The Morgan fingerprint density at radius 2 is 1.86 bits per heavy atom. The van der Waals surface area contributed by atoms with E-state index in [2.05, 4.69) is 11.4 Å². The first-order valence-electron chi connectivity index (χ1n) is 5.01. The molecule has 0 aliphatic rings. The van der Waals surface area contributed by atoms with Gasteiger partial charge in [-0.1, -0.05) is 39.0 Å². The average molecular weight is 219 g/mol. The van der Waals surface area contributed by atoms with Crippen molar-refractivity contribution in [3.8, 4) is 5.81 Å². The Labute approximate surface area is 85.4 Å². The Morgan fingerprint density at radius 1 is 1.29 bits per heavy atom. The maximum Gasteiger partial charge on any atom is 0.428 e. The molecule has 0 amide bonds. The van der Waals surface area contributed by atoms with Crippen LogP contribution >= 0.6 is 7.60 Å². The normalized spacial score (nSPS) is 14.6. The van der Waals surface area contributed by atoms with Gasteiger partial charge in [-0.05, 0) is 6.42 Å². The monoisotopic (exact) mass is 219 g/mol. The van der Waals surface area contributed by atoms with Crippen LogP contribution in [-0.2, 0) is 9.09 Å². The van der Waals surface area contributed by atoms with Gasteiger partial charge in [0.15, 0.2) is 5.81 Å². The van der Waals surface area contributed by atoms with Gasteiger partial charge in [-0.3, -0.25) is 4.52 Å². The van der Waals surface area contributed by atoms with E-state index in [1.54, 1.807) is 0 Å². The summed E-state index contributed by atoms with van der Waals surface area (Å²) in [6.07, 6.45) is 6.50. The van der Waals surface area contributed by atoms with Crippen LogP contribution < -0.4 is 0 Å². The number of nitriles is 1. The second-order valence-electron chi connectivity index (χ2n) is 3.22. The standard InChI is InChI=1S/C9H18NO3P/c1-2-3-4-5-6-7-8-13-14(11,12)9-10/h2-8H2,1H3,(H,11,12). The van der Waals surface area contributed by atoms with E-state index in [0.29, 0.717) is 0 Å². The number of rotatable bonds is 8. The zero-order chi connectivity index (χ0) is 10.9. The molecular formula is C9H18NO3P. The van der Waals surface area contributed by atoms with Crippen LogP contribution in [0.15, 0.2) is 0 Å². The van der Waals surface area contributed by atoms with Crippen molar-refractivity contribution in [3.05, 3.63) is 0 Å². The smallest absolute Gasteiger partial charge is 0.314 e. The molecule has 0 aromatic heterocycles. The molecule has 1 N–H and O–H groups in total. The van der Waals surface area contributed by atoms with Crippen molar-refractivity contribution in [2.75, 3.05) is 6.61 Å². The Morgan fingerprint density at radius 3 is 2.43 bits per heavy atom. The molecule has 0 saturated heterocycles. The molecule has 14 heavy (non-hydrogen) atoms. The third-order valence-corrected chi connectivity index (χ3v) is 2.68. The highest BCUT2D eigenvalue weighted by atomic mass is 31.2.